The number of nitrogens with zero attached hydrogens (tertiary/aromatic N) is 2. The number of hydrogen-bond acceptors (Lipinski definition) is 5. The van der Waals surface area contributed by atoms with Crippen LogP contribution >= 0.6 is 0 Å². The summed E-state index contributed by atoms with van der Waals surface area (Å²) in [4.78, 5) is 29.6. The Morgan fingerprint density at radius 1 is 0.861 bits per heavy atom. The van der Waals surface area contributed by atoms with Gasteiger partial charge in [-0.25, -0.2) is 0 Å². The molecule has 0 heterocycles. The summed E-state index contributed by atoms with van der Waals surface area (Å²) in [6.45, 7) is 5.01. The van der Waals surface area contributed by atoms with Gasteiger partial charge in [-0.1, -0.05) is 89.0 Å². The van der Waals surface area contributed by atoms with E-state index in [1.807, 2.05) is 30.3 Å². The molecule has 1 N–H and O–H groups in total. The lowest BCUT2D eigenvalue weighted by atomic mass is 10.1. The maximum Gasteiger partial charge on any atom is 0.322 e. The van der Waals surface area contributed by atoms with Crippen molar-refractivity contribution in [3.05, 3.63) is 70.8 Å². The van der Waals surface area contributed by atoms with E-state index < -0.39 is 5.97 Å². The minimum atomic E-state index is -0.408. The molecule has 0 aliphatic rings. The van der Waals surface area contributed by atoms with Crippen LogP contribution in [0.15, 0.2) is 48.5 Å². The van der Waals surface area contributed by atoms with E-state index >= 15 is 0 Å². The Kier molecular flexibility index (Phi) is 14.0. The number of amides is 1. The van der Waals surface area contributed by atoms with Crippen LogP contribution in [0, 0.1) is 11.3 Å². The number of hydroxylamine groups is 2. The van der Waals surface area contributed by atoms with Gasteiger partial charge in [-0.05, 0) is 41.8 Å². The molecule has 0 atom stereocenters. The monoisotopic (exact) mass is 491 g/mol. The number of nitriles is 1. The number of unbranched alkanes of at least 4 members (excludes halogenated alkanes) is 9. The van der Waals surface area contributed by atoms with Gasteiger partial charge in [0.15, 0.2) is 0 Å². The average molecular weight is 492 g/mol. The molecule has 2 rings (SSSR count). The highest BCUT2D eigenvalue weighted by molar-refractivity contribution is 5.94. The summed E-state index contributed by atoms with van der Waals surface area (Å²) < 4.78 is 0. The molecule has 0 saturated carbocycles. The molecule has 1 amide bonds. The predicted molar refractivity (Wildman–Crippen MR) is 143 cm³/mol. The van der Waals surface area contributed by atoms with Gasteiger partial charge in [0.2, 0.25) is 0 Å². The van der Waals surface area contributed by atoms with Crippen molar-refractivity contribution in [2.75, 3.05) is 6.54 Å². The van der Waals surface area contributed by atoms with Crippen molar-refractivity contribution in [3.8, 4) is 6.07 Å². The molecule has 2 aromatic rings. The largest absolute Gasteiger partial charge is 0.368 e. The first kappa shape index (κ1) is 29.1. The van der Waals surface area contributed by atoms with Gasteiger partial charge < -0.3 is 10.2 Å². The molecule has 6 nitrogen and oxygen atoms in total. The molecule has 0 unspecified atom stereocenters. The third kappa shape index (κ3) is 12.0. The van der Waals surface area contributed by atoms with E-state index in [1.165, 1.54) is 58.3 Å². The first-order valence-corrected chi connectivity index (χ1v) is 13.3. The summed E-state index contributed by atoms with van der Waals surface area (Å²) in [6.07, 6.45) is 12.7. The van der Waals surface area contributed by atoms with E-state index in [-0.39, 0.29) is 5.91 Å². The van der Waals surface area contributed by atoms with E-state index in [0.717, 1.165) is 24.0 Å². The van der Waals surface area contributed by atoms with E-state index in [1.54, 1.807) is 23.3 Å². The van der Waals surface area contributed by atoms with Crippen LogP contribution in [-0.4, -0.2) is 23.5 Å². The fourth-order valence-corrected chi connectivity index (χ4v) is 4.12. The molecule has 0 bridgehead atoms. The van der Waals surface area contributed by atoms with Crippen molar-refractivity contribution in [1.82, 2.24) is 10.4 Å². The lowest BCUT2D eigenvalue weighted by Crippen LogP contribution is -2.26. The van der Waals surface area contributed by atoms with Gasteiger partial charge in [0.25, 0.3) is 5.91 Å². The van der Waals surface area contributed by atoms with Gasteiger partial charge in [0, 0.05) is 19.0 Å². The van der Waals surface area contributed by atoms with Gasteiger partial charge in [0.05, 0.1) is 24.7 Å². The van der Waals surface area contributed by atoms with Crippen LogP contribution < -0.4 is 5.32 Å². The number of benzene rings is 2. The van der Waals surface area contributed by atoms with E-state index in [2.05, 4.69) is 18.3 Å². The van der Waals surface area contributed by atoms with Gasteiger partial charge in [-0.2, -0.15) is 5.26 Å². The van der Waals surface area contributed by atoms with Crippen LogP contribution in [0.4, 0.5) is 0 Å². The van der Waals surface area contributed by atoms with E-state index in [0.29, 0.717) is 30.8 Å². The third-order valence-corrected chi connectivity index (χ3v) is 6.06. The highest BCUT2D eigenvalue weighted by Crippen LogP contribution is 2.14. The SMILES string of the molecule is CCCCCCCCCCCCNC(=O)c1cccc(CN(Cc2ccc(C#N)cc2)OC(C)=O)c1. The number of rotatable bonds is 17. The van der Waals surface area contributed by atoms with Crippen LogP contribution in [0.2, 0.25) is 0 Å². The van der Waals surface area contributed by atoms with Crippen molar-refractivity contribution >= 4 is 11.9 Å². The zero-order valence-corrected chi connectivity index (χ0v) is 21.9. The number of nitrogens with one attached hydrogen (secondary N) is 1. The maximum atomic E-state index is 12.6. The molecule has 194 valence electrons. The van der Waals surface area contributed by atoms with Gasteiger partial charge in [0.1, 0.15) is 0 Å². The van der Waals surface area contributed by atoms with Crippen LogP contribution in [0.1, 0.15) is 105 Å². The second-order valence-electron chi connectivity index (χ2n) is 9.33. The van der Waals surface area contributed by atoms with Gasteiger partial charge in [-0.15, -0.1) is 5.06 Å². The molecule has 2 aromatic carbocycles. The molecule has 0 radical (unpaired) electrons. The van der Waals surface area contributed by atoms with Gasteiger partial charge >= 0.3 is 5.97 Å². The Morgan fingerprint density at radius 3 is 2.08 bits per heavy atom. The normalized spacial score (nSPS) is 10.7. The smallest absolute Gasteiger partial charge is 0.322 e. The molecular weight excluding hydrogens is 450 g/mol. The minimum Gasteiger partial charge on any atom is -0.368 e. The molecule has 0 aromatic heterocycles. The van der Waals surface area contributed by atoms with Crippen molar-refractivity contribution < 1.29 is 14.4 Å². The Balaban J connectivity index is 1.77. The van der Waals surface area contributed by atoms with Crippen LogP contribution in [-0.2, 0) is 22.7 Å². The summed E-state index contributed by atoms with van der Waals surface area (Å²) in [5.74, 6) is -0.493. The molecule has 0 aliphatic carbocycles. The summed E-state index contributed by atoms with van der Waals surface area (Å²) in [7, 11) is 0. The van der Waals surface area contributed by atoms with Crippen molar-refractivity contribution in [1.29, 1.82) is 5.26 Å². The van der Waals surface area contributed by atoms with Crippen LogP contribution in [0.5, 0.6) is 0 Å². The lowest BCUT2D eigenvalue weighted by Gasteiger charge is -2.21. The number of carbonyl (C=O) groups excluding carboxylic acids is 2. The summed E-state index contributed by atoms with van der Waals surface area (Å²) >= 11 is 0. The Hall–Kier alpha value is -3.17. The van der Waals surface area contributed by atoms with E-state index in [4.69, 9.17) is 10.1 Å². The average Bonchev–Trinajstić information content (AvgIpc) is 2.87. The zero-order chi connectivity index (χ0) is 26.0. The number of carbonyl (C=O) groups is 2. The Labute approximate surface area is 216 Å². The van der Waals surface area contributed by atoms with Crippen LogP contribution in [0.3, 0.4) is 0 Å². The third-order valence-electron chi connectivity index (χ3n) is 6.06. The van der Waals surface area contributed by atoms with Crippen molar-refractivity contribution in [2.24, 2.45) is 0 Å². The Morgan fingerprint density at radius 2 is 1.47 bits per heavy atom. The second-order valence-corrected chi connectivity index (χ2v) is 9.33. The number of hydrogen-bond donors (Lipinski definition) is 1. The topological polar surface area (TPSA) is 82.4 Å². The summed E-state index contributed by atoms with van der Waals surface area (Å²) in [6, 6.07) is 16.6. The lowest BCUT2D eigenvalue weighted by molar-refractivity contribution is -0.194. The zero-order valence-electron chi connectivity index (χ0n) is 21.9. The minimum absolute atomic E-state index is 0.0843. The first-order valence-electron chi connectivity index (χ1n) is 13.3. The van der Waals surface area contributed by atoms with Crippen molar-refractivity contribution in [2.45, 2.75) is 91.1 Å². The molecule has 0 spiro atoms. The molecule has 0 saturated heterocycles. The highest BCUT2D eigenvalue weighted by atomic mass is 16.7. The summed E-state index contributed by atoms with van der Waals surface area (Å²) in [5, 5.41) is 13.6. The highest BCUT2D eigenvalue weighted by Gasteiger charge is 2.13. The summed E-state index contributed by atoms with van der Waals surface area (Å²) in [5.41, 5.74) is 2.96. The standard InChI is InChI=1S/C30H41N3O3/c1-3-4-5-6-7-8-9-10-11-12-20-32-30(35)29-15-13-14-28(21-29)24-33(36-25(2)34)23-27-18-16-26(22-31)17-19-27/h13-19,21H,3-12,20,23-24H2,1-2H3,(H,32,35). The van der Waals surface area contributed by atoms with Crippen molar-refractivity contribution in [3.63, 3.8) is 0 Å². The molecule has 0 fully saturated rings. The van der Waals surface area contributed by atoms with Crippen LogP contribution in [0.25, 0.3) is 0 Å². The quantitative estimate of drug-likeness (QED) is 0.197. The molecule has 0 aliphatic heterocycles. The predicted octanol–water partition coefficient (Wildman–Crippen LogP) is 6.69. The first-order chi connectivity index (χ1) is 17.5. The molecule has 6 heteroatoms. The van der Waals surface area contributed by atoms with Gasteiger partial charge in [-0.3, -0.25) is 9.59 Å². The fraction of sp³-hybridized carbons (Fsp3) is 0.500. The van der Waals surface area contributed by atoms with E-state index in [9.17, 15) is 9.59 Å². The molecular formula is C30H41N3O3. The maximum absolute atomic E-state index is 12.6. The Bertz CT molecular complexity index is 966. The fourth-order valence-electron chi connectivity index (χ4n) is 4.12. The second kappa shape index (κ2) is 17.3. The molecule has 36 heavy (non-hydrogen) atoms.